The Bertz CT molecular complexity index is 1300. The molecule has 0 radical (unpaired) electrons. The summed E-state index contributed by atoms with van der Waals surface area (Å²) in [4.78, 5) is 32.6. The lowest BCUT2D eigenvalue weighted by molar-refractivity contribution is -0.394. The summed E-state index contributed by atoms with van der Waals surface area (Å²) in [5.41, 5.74) is 1.32. The lowest BCUT2D eigenvalue weighted by Gasteiger charge is -2.13. The van der Waals surface area contributed by atoms with Gasteiger partial charge in [0.05, 0.1) is 39.3 Å². The first-order valence-electron chi connectivity index (χ1n) is 10.3. The number of nitrogens with one attached hydrogen (secondary N) is 1. The summed E-state index contributed by atoms with van der Waals surface area (Å²) in [7, 11) is 0. The number of amides is 1. The molecule has 0 aromatic heterocycles. The molecule has 0 saturated carbocycles. The summed E-state index contributed by atoms with van der Waals surface area (Å²) in [5, 5.41) is 26.0. The third kappa shape index (κ3) is 6.51. The molecular weight excluding hydrogens is 499 g/mol. The van der Waals surface area contributed by atoms with Crippen LogP contribution >= 0.6 is 11.6 Å². The third-order valence-corrected chi connectivity index (χ3v) is 5.02. The molecule has 0 saturated heterocycles. The van der Waals surface area contributed by atoms with Gasteiger partial charge in [-0.1, -0.05) is 17.7 Å². The fourth-order valence-corrected chi connectivity index (χ4v) is 3.20. The van der Waals surface area contributed by atoms with Crippen LogP contribution in [0.1, 0.15) is 28.4 Å². The first-order valence-corrected chi connectivity index (χ1v) is 10.7. The van der Waals surface area contributed by atoms with E-state index in [-0.39, 0.29) is 22.8 Å². The zero-order chi connectivity index (χ0) is 26.2. The van der Waals surface area contributed by atoms with Crippen LogP contribution in [0.25, 0.3) is 0 Å². The average molecular weight is 517 g/mol. The van der Waals surface area contributed by atoms with Gasteiger partial charge >= 0.3 is 0 Å². The highest BCUT2D eigenvalue weighted by Gasteiger charge is 2.19. The Morgan fingerprint density at radius 2 is 1.75 bits per heavy atom. The molecule has 3 aromatic carbocycles. The molecule has 11 nitrogen and oxygen atoms in total. The first kappa shape index (κ1) is 26.0. The van der Waals surface area contributed by atoms with Crippen molar-refractivity contribution in [3.8, 4) is 11.5 Å². The van der Waals surface area contributed by atoms with Gasteiger partial charge in [-0.15, -0.1) is 0 Å². The molecule has 3 rings (SSSR count). The fraction of sp³-hybridized carbons (Fsp3) is 0.130. The Balaban J connectivity index is 1.74. The zero-order valence-electron chi connectivity index (χ0n) is 18.6. The first-order chi connectivity index (χ1) is 17.2. The van der Waals surface area contributed by atoms with E-state index in [2.05, 4.69) is 10.5 Å². The molecule has 0 heterocycles. The number of carbonyl (C=O) groups excluding carboxylic acids is 1. The van der Waals surface area contributed by atoms with Gasteiger partial charge < -0.3 is 9.47 Å². The highest BCUT2D eigenvalue weighted by atomic mass is 35.5. The van der Waals surface area contributed by atoms with E-state index in [0.29, 0.717) is 23.7 Å². The molecule has 0 bridgehead atoms. The molecule has 36 heavy (non-hydrogen) atoms. The van der Waals surface area contributed by atoms with Crippen LogP contribution in [-0.4, -0.2) is 28.6 Å². The van der Waals surface area contributed by atoms with E-state index < -0.39 is 32.9 Å². The van der Waals surface area contributed by atoms with Crippen molar-refractivity contribution in [3.63, 3.8) is 0 Å². The maximum atomic E-state index is 14.0. The van der Waals surface area contributed by atoms with Crippen LogP contribution in [-0.2, 0) is 6.61 Å². The summed E-state index contributed by atoms with van der Waals surface area (Å²) in [5.74, 6) is -0.741. The molecule has 1 amide bonds. The van der Waals surface area contributed by atoms with E-state index in [4.69, 9.17) is 21.1 Å². The van der Waals surface area contributed by atoms with E-state index in [1.165, 1.54) is 18.3 Å². The van der Waals surface area contributed by atoms with Crippen molar-refractivity contribution < 1.29 is 28.5 Å². The summed E-state index contributed by atoms with van der Waals surface area (Å²) in [6.07, 6.45) is 1.27. The van der Waals surface area contributed by atoms with Crippen LogP contribution in [0.3, 0.4) is 0 Å². The van der Waals surface area contributed by atoms with Crippen molar-refractivity contribution in [2.75, 3.05) is 6.61 Å². The number of benzene rings is 3. The van der Waals surface area contributed by atoms with Crippen molar-refractivity contribution in [1.29, 1.82) is 0 Å². The van der Waals surface area contributed by atoms with Crippen LogP contribution in [0, 0.1) is 26.0 Å². The monoisotopic (exact) mass is 516 g/mol. The maximum Gasteiger partial charge on any atom is 0.277 e. The van der Waals surface area contributed by atoms with Gasteiger partial charge in [-0.25, -0.2) is 9.82 Å². The molecule has 3 aromatic rings. The predicted molar refractivity (Wildman–Crippen MR) is 128 cm³/mol. The van der Waals surface area contributed by atoms with Gasteiger partial charge in [0.15, 0.2) is 11.5 Å². The Morgan fingerprint density at radius 3 is 2.36 bits per heavy atom. The van der Waals surface area contributed by atoms with Crippen LogP contribution in [0.15, 0.2) is 59.7 Å². The number of halogens is 2. The van der Waals surface area contributed by atoms with Crippen LogP contribution in [0.4, 0.5) is 15.8 Å². The number of rotatable bonds is 10. The maximum absolute atomic E-state index is 14.0. The van der Waals surface area contributed by atoms with E-state index in [1.54, 1.807) is 31.2 Å². The number of hydrazone groups is 1. The zero-order valence-corrected chi connectivity index (χ0v) is 19.4. The summed E-state index contributed by atoms with van der Waals surface area (Å²) in [6.45, 7) is 1.93. The number of hydrogen-bond acceptors (Lipinski definition) is 8. The molecule has 0 spiro atoms. The van der Waals surface area contributed by atoms with Crippen molar-refractivity contribution in [2.24, 2.45) is 5.10 Å². The van der Waals surface area contributed by atoms with E-state index in [9.17, 15) is 29.4 Å². The Morgan fingerprint density at radius 1 is 1.06 bits per heavy atom. The number of nitro groups is 2. The van der Waals surface area contributed by atoms with Gasteiger partial charge in [0, 0.05) is 17.7 Å². The minimum atomic E-state index is -0.884. The SMILES string of the molecule is CCOc1cc(/C=N/NC(=O)c2cc([N+](=O)[O-])cc([N+](=O)[O-])c2)ccc1OCc1c(F)cccc1Cl. The van der Waals surface area contributed by atoms with E-state index in [1.807, 2.05) is 0 Å². The number of hydrogen-bond donors (Lipinski definition) is 1. The Hall–Kier alpha value is -4.58. The molecule has 0 atom stereocenters. The van der Waals surface area contributed by atoms with E-state index >= 15 is 0 Å². The number of ether oxygens (including phenoxy) is 2. The van der Waals surface area contributed by atoms with Crippen LogP contribution < -0.4 is 14.9 Å². The normalized spacial score (nSPS) is 10.8. The summed E-state index contributed by atoms with van der Waals surface area (Å²) in [6, 6.07) is 11.6. The lowest BCUT2D eigenvalue weighted by Crippen LogP contribution is -2.18. The third-order valence-electron chi connectivity index (χ3n) is 4.67. The second-order valence-corrected chi connectivity index (χ2v) is 7.49. The van der Waals surface area contributed by atoms with Gasteiger partial charge in [-0.2, -0.15) is 5.10 Å². The number of nitrogens with zero attached hydrogens (tertiary/aromatic N) is 3. The molecule has 0 aliphatic rings. The van der Waals surface area contributed by atoms with Crippen LogP contribution in [0.2, 0.25) is 5.02 Å². The quantitative estimate of drug-likeness (QED) is 0.225. The van der Waals surface area contributed by atoms with Crippen molar-refractivity contribution in [1.82, 2.24) is 5.43 Å². The number of non-ortho nitro benzene ring substituents is 2. The van der Waals surface area contributed by atoms with Gasteiger partial charge in [0.25, 0.3) is 17.3 Å². The lowest BCUT2D eigenvalue weighted by atomic mass is 10.1. The number of nitro benzene ring substituents is 2. The smallest absolute Gasteiger partial charge is 0.277 e. The average Bonchev–Trinajstić information content (AvgIpc) is 2.84. The fourth-order valence-electron chi connectivity index (χ4n) is 2.98. The summed E-state index contributed by atoms with van der Waals surface area (Å²) >= 11 is 6.03. The Kier molecular flexibility index (Phi) is 8.47. The highest BCUT2D eigenvalue weighted by molar-refractivity contribution is 6.31. The highest BCUT2D eigenvalue weighted by Crippen LogP contribution is 2.30. The van der Waals surface area contributed by atoms with Crippen molar-refractivity contribution >= 4 is 35.1 Å². The molecule has 0 unspecified atom stereocenters. The summed E-state index contributed by atoms with van der Waals surface area (Å²) < 4.78 is 25.2. The van der Waals surface area contributed by atoms with Crippen molar-refractivity contribution in [2.45, 2.75) is 13.5 Å². The van der Waals surface area contributed by atoms with E-state index in [0.717, 1.165) is 18.2 Å². The largest absolute Gasteiger partial charge is 0.490 e. The van der Waals surface area contributed by atoms with Crippen LogP contribution in [0.5, 0.6) is 11.5 Å². The minimum absolute atomic E-state index is 0.135. The molecule has 1 N–H and O–H groups in total. The molecule has 0 aliphatic heterocycles. The predicted octanol–water partition coefficient (Wildman–Crippen LogP) is 5.04. The molecule has 13 heteroatoms. The molecule has 186 valence electrons. The second-order valence-electron chi connectivity index (χ2n) is 7.08. The molecule has 0 fully saturated rings. The van der Waals surface area contributed by atoms with Crippen molar-refractivity contribution in [3.05, 3.63) is 102 Å². The van der Waals surface area contributed by atoms with Gasteiger partial charge in [-0.05, 0) is 42.8 Å². The minimum Gasteiger partial charge on any atom is -0.490 e. The second kappa shape index (κ2) is 11.7. The van der Waals surface area contributed by atoms with Gasteiger partial charge in [0.1, 0.15) is 12.4 Å². The molecular formula is C23H18ClFN4O7. The number of carbonyl (C=O) groups is 1. The van der Waals surface area contributed by atoms with Gasteiger partial charge in [0.2, 0.25) is 0 Å². The standard InChI is InChI=1S/C23H18ClFN4O7/c1-2-35-22-8-14(6-7-21(22)36-13-18-19(24)4-3-5-20(18)25)12-26-27-23(30)15-9-16(28(31)32)11-17(10-15)29(33)34/h3-12H,2,13H2,1H3,(H,27,30)/b26-12+. The topological polar surface area (TPSA) is 146 Å². The molecule has 0 aliphatic carbocycles. The Labute approximate surface area is 208 Å². The van der Waals surface area contributed by atoms with Gasteiger partial charge in [-0.3, -0.25) is 25.0 Å².